The summed E-state index contributed by atoms with van der Waals surface area (Å²) in [6.45, 7) is 0.759. The molecule has 1 N–H and O–H groups in total. The number of methoxy groups -OCH3 is 1. The lowest BCUT2D eigenvalue weighted by molar-refractivity contribution is 0.0638. The van der Waals surface area contributed by atoms with Crippen molar-refractivity contribution in [2.24, 2.45) is 7.05 Å². The zero-order valence-corrected chi connectivity index (χ0v) is 16.5. The number of rotatable bonds is 6. The Morgan fingerprint density at radius 3 is 2.82 bits per heavy atom. The van der Waals surface area contributed by atoms with Crippen LogP contribution < -0.4 is 5.32 Å². The molecule has 8 nitrogen and oxygen atoms in total. The first-order valence-electron chi connectivity index (χ1n) is 8.94. The second-order valence-electron chi connectivity index (χ2n) is 6.71. The van der Waals surface area contributed by atoms with E-state index in [0.717, 1.165) is 22.8 Å². The minimum Gasteiger partial charge on any atom is -0.385 e. The number of nitrogens with zero attached hydrogens (tertiary/aromatic N) is 3. The minimum atomic E-state index is -0.372. The lowest BCUT2D eigenvalue weighted by Crippen LogP contribution is -2.31. The summed E-state index contributed by atoms with van der Waals surface area (Å²) in [5.74, 6) is 1.30. The molecule has 1 aromatic heterocycles. The number of aryl methyl sites for hydroxylation is 1. The number of amides is 3. The van der Waals surface area contributed by atoms with Gasteiger partial charge in [0, 0.05) is 49.9 Å². The Balaban J connectivity index is 1.55. The highest BCUT2D eigenvalue weighted by molar-refractivity contribution is 7.98. The number of benzene rings is 1. The normalized spacial score (nSPS) is 15.1. The molecule has 0 aliphatic carbocycles. The van der Waals surface area contributed by atoms with Crippen molar-refractivity contribution >= 4 is 35.3 Å². The van der Waals surface area contributed by atoms with Gasteiger partial charge in [0.25, 0.3) is 17.7 Å². The molecule has 0 atom stereocenters. The highest BCUT2D eigenvalue weighted by Crippen LogP contribution is 2.34. The number of anilines is 1. The van der Waals surface area contributed by atoms with Gasteiger partial charge in [-0.15, -0.1) is 0 Å². The Morgan fingerprint density at radius 1 is 1.25 bits per heavy atom. The Bertz CT molecular complexity index is 985. The maximum Gasteiger partial charge on any atom is 0.261 e. The van der Waals surface area contributed by atoms with Crippen LogP contribution in [-0.4, -0.2) is 52.7 Å². The van der Waals surface area contributed by atoms with Gasteiger partial charge >= 0.3 is 0 Å². The maximum absolute atomic E-state index is 12.8. The monoisotopic (exact) mass is 400 g/mol. The molecule has 2 aliphatic rings. The third-order valence-electron chi connectivity index (χ3n) is 4.91. The third kappa shape index (κ3) is 3.10. The molecule has 0 fully saturated rings. The van der Waals surface area contributed by atoms with Gasteiger partial charge < -0.3 is 10.1 Å². The van der Waals surface area contributed by atoms with Crippen molar-refractivity contribution in [1.29, 1.82) is 0 Å². The number of aromatic nitrogens is 2. The van der Waals surface area contributed by atoms with E-state index in [1.807, 2.05) is 0 Å². The molecular weight excluding hydrogens is 380 g/mol. The standard InChI is InChI=1S/C19H20N4O4S/c1-22-16(14-9-28-10-15(14)21-22)20-17(24)11-4-5-12-13(8-11)19(26)23(18(12)25)6-3-7-27-2/h4-5,8H,3,6-7,9-10H2,1-2H3,(H,20,24). The molecule has 4 rings (SSSR count). The van der Waals surface area contributed by atoms with Crippen LogP contribution in [0.3, 0.4) is 0 Å². The largest absolute Gasteiger partial charge is 0.385 e. The summed E-state index contributed by atoms with van der Waals surface area (Å²) >= 11 is 1.76. The topological polar surface area (TPSA) is 93.5 Å². The van der Waals surface area contributed by atoms with E-state index in [2.05, 4.69) is 10.4 Å². The Kier molecular flexibility index (Phi) is 4.94. The number of hydrogen-bond acceptors (Lipinski definition) is 6. The van der Waals surface area contributed by atoms with Gasteiger partial charge in [-0.1, -0.05) is 0 Å². The number of imide groups is 1. The third-order valence-corrected chi connectivity index (χ3v) is 5.88. The van der Waals surface area contributed by atoms with Crippen LogP contribution in [0.15, 0.2) is 18.2 Å². The SMILES string of the molecule is COCCCN1C(=O)c2ccc(C(=O)Nc3c4c(nn3C)CSC4)cc2C1=O. The summed E-state index contributed by atoms with van der Waals surface area (Å²) < 4.78 is 6.65. The van der Waals surface area contributed by atoms with E-state index in [0.29, 0.717) is 36.5 Å². The van der Waals surface area contributed by atoms with E-state index in [1.54, 1.807) is 42.7 Å². The summed E-state index contributed by atoms with van der Waals surface area (Å²) in [5, 5.41) is 7.33. The fraction of sp³-hybridized carbons (Fsp3) is 0.368. The van der Waals surface area contributed by atoms with Crippen molar-refractivity contribution in [2.45, 2.75) is 17.9 Å². The first-order chi connectivity index (χ1) is 13.5. The van der Waals surface area contributed by atoms with Gasteiger partial charge in [0.15, 0.2) is 0 Å². The lowest BCUT2D eigenvalue weighted by Gasteiger charge is -2.12. The molecule has 2 aliphatic heterocycles. The summed E-state index contributed by atoms with van der Waals surface area (Å²) in [6, 6.07) is 4.61. The number of carbonyl (C=O) groups is 3. The van der Waals surface area contributed by atoms with Crippen LogP contribution in [-0.2, 0) is 23.3 Å². The molecule has 9 heteroatoms. The maximum atomic E-state index is 12.8. The van der Waals surface area contributed by atoms with Crippen LogP contribution in [0.1, 0.15) is 48.8 Å². The van der Waals surface area contributed by atoms with Crippen LogP contribution in [0, 0.1) is 0 Å². The lowest BCUT2D eigenvalue weighted by atomic mass is 10.1. The molecule has 0 saturated heterocycles. The number of thioether (sulfide) groups is 1. The Morgan fingerprint density at radius 2 is 2.04 bits per heavy atom. The van der Waals surface area contributed by atoms with Crippen LogP contribution in [0.2, 0.25) is 0 Å². The van der Waals surface area contributed by atoms with Crippen molar-refractivity contribution in [1.82, 2.24) is 14.7 Å². The van der Waals surface area contributed by atoms with Gasteiger partial charge in [0.05, 0.1) is 16.8 Å². The summed E-state index contributed by atoms with van der Waals surface area (Å²) in [5.41, 5.74) is 2.96. The first kappa shape index (κ1) is 18.7. The average molecular weight is 400 g/mol. The summed E-state index contributed by atoms with van der Waals surface area (Å²) in [4.78, 5) is 39.0. The number of carbonyl (C=O) groups excluding carboxylic acids is 3. The Hall–Kier alpha value is -2.65. The smallest absolute Gasteiger partial charge is 0.261 e. The van der Waals surface area contributed by atoms with Crippen molar-refractivity contribution in [3.63, 3.8) is 0 Å². The number of ether oxygens (including phenoxy) is 1. The van der Waals surface area contributed by atoms with E-state index in [4.69, 9.17) is 4.74 Å². The molecule has 28 heavy (non-hydrogen) atoms. The fourth-order valence-electron chi connectivity index (χ4n) is 3.48. The average Bonchev–Trinajstić information content (AvgIpc) is 3.32. The summed E-state index contributed by atoms with van der Waals surface area (Å²) in [7, 11) is 3.37. The first-order valence-corrected chi connectivity index (χ1v) is 10.1. The van der Waals surface area contributed by atoms with Gasteiger partial charge in [0.1, 0.15) is 5.82 Å². The van der Waals surface area contributed by atoms with E-state index in [1.165, 1.54) is 11.0 Å². The van der Waals surface area contributed by atoms with Gasteiger partial charge in [-0.3, -0.25) is 24.0 Å². The molecule has 0 bridgehead atoms. The van der Waals surface area contributed by atoms with Crippen molar-refractivity contribution in [2.75, 3.05) is 25.6 Å². The number of nitrogens with one attached hydrogen (secondary N) is 1. The molecule has 1 aromatic carbocycles. The predicted octanol–water partition coefficient (Wildman–Crippen LogP) is 2.05. The molecule has 2 aromatic rings. The van der Waals surface area contributed by atoms with Crippen LogP contribution >= 0.6 is 11.8 Å². The minimum absolute atomic E-state index is 0.265. The van der Waals surface area contributed by atoms with Gasteiger partial charge in [-0.25, -0.2) is 0 Å². The number of hydrogen-bond donors (Lipinski definition) is 1. The molecule has 0 radical (unpaired) electrons. The van der Waals surface area contributed by atoms with Crippen LogP contribution in [0.5, 0.6) is 0 Å². The second-order valence-corrected chi connectivity index (χ2v) is 7.70. The van der Waals surface area contributed by atoms with Crippen molar-refractivity contribution in [3.8, 4) is 0 Å². The van der Waals surface area contributed by atoms with Crippen LogP contribution in [0.25, 0.3) is 0 Å². The number of fused-ring (bicyclic) bond motifs is 2. The molecular formula is C19H20N4O4S. The molecule has 3 amide bonds. The molecule has 146 valence electrons. The predicted molar refractivity (Wildman–Crippen MR) is 104 cm³/mol. The van der Waals surface area contributed by atoms with E-state index < -0.39 is 0 Å². The zero-order chi connectivity index (χ0) is 19.8. The zero-order valence-electron chi connectivity index (χ0n) is 15.7. The van der Waals surface area contributed by atoms with E-state index in [-0.39, 0.29) is 23.3 Å². The second kappa shape index (κ2) is 7.40. The molecule has 0 saturated carbocycles. The van der Waals surface area contributed by atoms with E-state index in [9.17, 15) is 14.4 Å². The van der Waals surface area contributed by atoms with Crippen molar-refractivity contribution < 1.29 is 19.1 Å². The highest BCUT2D eigenvalue weighted by Gasteiger charge is 2.35. The quantitative estimate of drug-likeness (QED) is 0.589. The molecule has 0 spiro atoms. The van der Waals surface area contributed by atoms with Gasteiger partial charge in [-0.05, 0) is 24.6 Å². The van der Waals surface area contributed by atoms with Gasteiger partial charge in [0.2, 0.25) is 0 Å². The van der Waals surface area contributed by atoms with Crippen LogP contribution in [0.4, 0.5) is 5.82 Å². The van der Waals surface area contributed by atoms with Gasteiger partial charge in [-0.2, -0.15) is 16.9 Å². The molecule has 3 heterocycles. The Labute approximate surface area is 166 Å². The van der Waals surface area contributed by atoms with Crippen molar-refractivity contribution in [3.05, 3.63) is 46.1 Å². The highest BCUT2D eigenvalue weighted by atomic mass is 32.2. The summed E-state index contributed by atoms with van der Waals surface area (Å²) in [6.07, 6.45) is 0.568. The fourth-order valence-corrected chi connectivity index (χ4v) is 4.51. The van der Waals surface area contributed by atoms with E-state index >= 15 is 0 Å². The molecule has 0 unspecified atom stereocenters.